The topological polar surface area (TPSA) is 90.5 Å². The largest absolute Gasteiger partial charge is 0.455 e. The Bertz CT molecular complexity index is 6590. The zero-order valence-electron chi connectivity index (χ0n) is 64.7. The maximum Gasteiger partial charge on any atom is 0.141 e. The van der Waals surface area contributed by atoms with Gasteiger partial charge in [0.25, 0.3) is 0 Å². The molecule has 579 valence electrons. The minimum Gasteiger partial charge on any atom is -0.455 e. The monoisotopic (exact) mass is 2090 g/mol. The van der Waals surface area contributed by atoms with Crippen LogP contribution in [0.15, 0.2) is 381 Å². The number of thiophene rings is 2. The van der Waals surface area contributed by atoms with Crippen LogP contribution in [-0.2, 0) is 60.3 Å². The van der Waals surface area contributed by atoms with Gasteiger partial charge in [-0.1, -0.05) is 198 Å². The normalized spacial score (nSPS) is 10.5. The van der Waals surface area contributed by atoms with E-state index < -0.39 is 0 Å². The number of aromatic nitrogens is 6. The SMILES string of the molecule is Cc1cccc(-c2[c-]cccc2)n1.Cc1cccc(-c2[c-]cccc2)n1.Cc1cccnc1-c1[c-]cccc1.Cc1ccnc(-c2[c-]ccc(-c3cccc4c3oc3ccccc34)c2)c1.[Ir].[Ir].[Ir].[c-]1ccc(-c2cccc3c2sc2ccccc23)cc1-c1ccccn1.[c-]1ccc(-c2cccc3c2sc2ccccc23)cc1-c1ccccn1. The number of hydrogen-bond donors (Lipinski definition) is 0. The van der Waals surface area contributed by atoms with Crippen molar-refractivity contribution in [1.82, 2.24) is 29.9 Å². The van der Waals surface area contributed by atoms with Crippen molar-refractivity contribution < 1.29 is 64.7 Å². The Balaban J connectivity index is 0.000000125. The molecule has 9 heterocycles. The maximum atomic E-state index is 6.18. The van der Waals surface area contributed by atoms with Crippen LogP contribution in [0.3, 0.4) is 0 Å². The van der Waals surface area contributed by atoms with Gasteiger partial charge in [0.2, 0.25) is 0 Å². The average molecular weight is 2090 g/mol. The van der Waals surface area contributed by atoms with E-state index in [1.807, 2.05) is 255 Å². The molecule has 0 saturated carbocycles. The second-order valence-corrected chi connectivity index (χ2v) is 29.4. The van der Waals surface area contributed by atoms with Gasteiger partial charge in [0, 0.05) is 153 Å². The molecule has 21 aromatic rings. The summed E-state index contributed by atoms with van der Waals surface area (Å²) in [7, 11) is 0. The Morgan fingerprint density at radius 1 is 0.271 bits per heavy atom. The number of hydrogen-bond acceptors (Lipinski definition) is 9. The Labute approximate surface area is 737 Å². The molecule has 0 fully saturated rings. The van der Waals surface area contributed by atoms with E-state index in [9.17, 15) is 0 Å². The van der Waals surface area contributed by atoms with E-state index in [0.29, 0.717) is 0 Å². The molecule has 12 heteroatoms. The third kappa shape index (κ3) is 20.0. The number of nitrogens with zero attached hydrogens (tertiary/aromatic N) is 6. The van der Waals surface area contributed by atoms with Crippen LogP contribution in [0.25, 0.3) is 163 Å². The van der Waals surface area contributed by atoms with E-state index in [-0.39, 0.29) is 60.3 Å². The van der Waals surface area contributed by atoms with Gasteiger partial charge in [0.15, 0.2) is 0 Å². The zero-order valence-corrected chi connectivity index (χ0v) is 73.5. The van der Waals surface area contributed by atoms with Crippen molar-refractivity contribution in [2.45, 2.75) is 27.7 Å². The number of para-hydroxylation sites is 2. The minimum atomic E-state index is 0. The van der Waals surface area contributed by atoms with Gasteiger partial charge in [0.05, 0.1) is 0 Å². The molecule has 21 rings (SSSR count). The Morgan fingerprint density at radius 2 is 0.678 bits per heavy atom. The number of aryl methyl sites for hydroxylation is 4. The Kier molecular flexibility index (Phi) is 28.7. The molecule has 12 aromatic carbocycles. The van der Waals surface area contributed by atoms with Gasteiger partial charge in [-0.05, 0) is 128 Å². The van der Waals surface area contributed by atoms with E-state index in [0.717, 1.165) is 112 Å². The standard InChI is InChI=1S/C24H16NO.2C23H14NS.3C12H10N.3Ir/c1-16-12-13-25-22(14-16)18-7-4-6-17(15-18)19-9-5-10-21-20-8-2-3-11-23(20)26-24(19)21;2*1-2-13-22-19(9-1)20-11-6-10-18(23(20)25-22)16-7-5-8-17(15-16)21-12-3-4-14-24-21;1-10-6-5-9-13-12(10)11-7-3-2-4-8-11;2*1-10-6-5-9-12(13-10)11-7-3-2-4-8-11;;;/h2-6,8-15H,1H3;2*1-7,9-15H;3*2-7,9H,1H3;;;/q6*-1;;;. The number of rotatable bonds is 9. The maximum absolute atomic E-state index is 6.18. The second-order valence-electron chi connectivity index (χ2n) is 27.3. The van der Waals surface area contributed by atoms with Gasteiger partial charge in [0.1, 0.15) is 11.2 Å². The average Bonchev–Trinajstić information content (AvgIpc) is 1.57. The van der Waals surface area contributed by atoms with Crippen LogP contribution in [0.1, 0.15) is 22.5 Å². The smallest absolute Gasteiger partial charge is 0.141 e. The molecule has 0 amide bonds. The molecule has 0 spiro atoms. The summed E-state index contributed by atoms with van der Waals surface area (Å²) < 4.78 is 11.5. The zero-order chi connectivity index (χ0) is 78.1. The first kappa shape index (κ1) is 83.7. The summed E-state index contributed by atoms with van der Waals surface area (Å²) in [5.74, 6) is 0. The van der Waals surface area contributed by atoms with Gasteiger partial charge in [-0.25, -0.2) is 0 Å². The molecule has 118 heavy (non-hydrogen) atoms. The molecule has 9 aromatic heterocycles. The van der Waals surface area contributed by atoms with Crippen molar-refractivity contribution in [2.75, 3.05) is 0 Å². The summed E-state index contributed by atoms with van der Waals surface area (Å²) in [5.41, 5.74) is 25.4. The van der Waals surface area contributed by atoms with Crippen LogP contribution < -0.4 is 0 Å². The first-order chi connectivity index (χ1) is 56.7. The summed E-state index contributed by atoms with van der Waals surface area (Å²) in [6, 6.07) is 139. The van der Waals surface area contributed by atoms with Crippen molar-refractivity contribution in [3.05, 3.63) is 436 Å². The summed E-state index contributed by atoms with van der Waals surface area (Å²) in [6.07, 6.45) is 7.29. The quantitative estimate of drug-likeness (QED) is 0.133. The number of pyridine rings is 6. The van der Waals surface area contributed by atoms with Gasteiger partial charge in [-0.15, -0.1) is 220 Å². The first-order valence-electron chi connectivity index (χ1n) is 37.9. The molecule has 0 aliphatic carbocycles. The fraction of sp³-hybridized carbons (Fsp3) is 0.0377. The van der Waals surface area contributed by atoms with Crippen molar-refractivity contribution in [3.63, 3.8) is 0 Å². The summed E-state index contributed by atoms with van der Waals surface area (Å²) in [4.78, 5) is 26.5. The molecule has 3 radical (unpaired) electrons. The van der Waals surface area contributed by atoms with Gasteiger partial charge < -0.3 is 34.3 Å². The molecule has 0 unspecified atom stereocenters. The molecular formula is C106H74Ir3N6OS2-6. The van der Waals surface area contributed by atoms with E-state index in [2.05, 4.69) is 238 Å². The summed E-state index contributed by atoms with van der Waals surface area (Å²) in [5, 5.41) is 7.60. The van der Waals surface area contributed by atoms with Gasteiger partial charge in [-0.3, -0.25) is 0 Å². The van der Waals surface area contributed by atoms with E-state index in [1.54, 1.807) is 0 Å². The van der Waals surface area contributed by atoms with Gasteiger partial charge >= 0.3 is 0 Å². The van der Waals surface area contributed by atoms with Crippen LogP contribution >= 0.6 is 22.7 Å². The predicted molar refractivity (Wildman–Crippen MR) is 479 cm³/mol. The Morgan fingerprint density at radius 3 is 1.16 bits per heavy atom. The summed E-state index contributed by atoms with van der Waals surface area (Å²) in [6.45, 7) is 8.12. The first-order valence-corrected chi connectivity index (χ1v) is 39.6. The van der Waals surface area contributed by atoms with Crippen LogP contribution in [0.4, 0.5) is 0 Å². The minimum absolute atomic E-state index is 0. The molecule has 0 aliphatic heterocycles. The van der Waals surface area contributed by atoms with E-state index in [1.165, 1.54) is 73.7 Å². The fourth-order valence-electron chi connectivity index (χ4n) is 13.8. The summed E-state index contributed by atoms with van der Waals surface area (Å²) >= 11 is 3.72. The van der Waals surface area contributed by atoms with Crippen molar-refractivity contribution >= 4 is 85.0 Å². The molecule has 0 aliphatic rings. The van der Waals surface area contributed by atoms with Crippen LogP contribution in [0.5, 0.6) is 0 Å². The fourth-order valence-corrected chi connectivity index (χ4v) is 16.3. The third-order valence-corrected chi connectivity index (χ3v) is 21.8. The molecule has 0 N–H and O–H groups in total. The predicted octanol–water partition coefficient (Wildman–Crippen LogP) is 28.2. The third-order valence-electron chi connectivity index (χ3n) is 19.3. The second kappa shape index (κ2) is 40.5. The molecule has 0 bridgehead atoms. The van der Waals surface area contributed by atoms with Crippen LogP contribution in [0.2, 0.25) is 0 Å². The molecule has 7 nitrogen and oxygen atoms in total. The van der Waals surface area contributed by atoms with Crippen molar-refractivity contribution in [2.24, 2.45) is 0 Å². The Hall–Kier alpha value is -12.3. The van der Waals surface area contributed by atoms with Crippen LogP contribution in [0, 0.1) is 64.1 Å². The van der Waals surface area contributed by atoms with E-state index in [4.69, 9.17) is 4.42 Å². The molecule has 0 atom stereocenters. The van der Waals surface area contributed by atoms with Crippen LogP contribution in [-0.4, -0.2) is 29.9 Å². The van der Waals surface area contributed by atoms with Crippen molar-refractivity contribution in [3.8, 4) is 101 Å². The van der Waals surface area contributed by atoms with Gasteiger partial charge in [-0.2, -0.15) is 0 Å². The molecule has 0 saturated heterocycles. The number of benzene rings is 12. The number of fused-ring (bicyclic) bond motifs is 9. The van der Waals surface area contributed by atoms with Crippen molar-refractivity contribution in [1.29, 1.82) is 0 Å². The van der Waals surface area contributed by atoms with E-state index >= 15 is 0 Å². The molecular weight excluding hydrogens is 2010 g/mol. The number of furan rings is 1.